The van der Waals surface area contributed by atoms with Gasteiger partial charge in [-0.1, -0.05) is 46.3 Å². The number of nitrogens with one attached hydrogen (secondary N) is 1. The maximum Gasteiger partial charge on any atom is 0.338 e. The first-order valence-corrected chi connectivity index (χ1v) is 8.15. The molecule has 2 rings (SSSR count). The average Bonchev–Trinajstić information content (AvgIpc) is 2.53. The van der Waals surface area contributed by atoms with E-state index in [0.29, 0.717) is 18.7 Å². The summed E-state index contributed by atoms with van der Waals surface area (Å²) < 4.78 is 6.12. The lowest BCUT2D eigenvalue weighted by Crippen LogP contribution is -2.18. The predicted octanol–water partition coefficient (Wildman–Crippen LogP) is 4.90. The molecule has 0 aromatic heterocycles. The molecule has 5 heteroatoms. The summed E-state index contributed by atoms with van der Waals surface area (Å²) in [4.78, 5) is 11.8. The Bertz CT molecular complexity index is 648. The van der Waals surface area contributed by atoms with Crippen molar-refractivity contribution < 1.29 is 9.53 Å². The number of hydrogen-bond acceptors (Lipinski definition) is 3. The van der Waals surface area contributed by atoms with Gasteiger partial charge in [-0.05, 0) is 43.2 Å². The van der Waals surface area contributed by atoms with Crippen LogP contribution < -0.4 is 5.32 Å². The first kappa shape index (κ1) is 19.7. The SMILES string of the molecule is CCOC(=O)c1cccc(CNC(C)c2ccccc2Br)c1.Cl. The van der Waals surface area contributed by atoms with Gasteiger partial charge in [0.15, 0.2) is 0 Å². The van der Waals surface area contributed by atoms with Crippen molar-refractivity contribution in [1.29, 1.82) is 0 Å². The lowest BCUT2D eigenvalue weighted by Gasteiger charge is -2.16. The fourth-order valence-corrected chi connectivity index (χ4v) is 2.86. The molecule has 0 saturated carbocycles. The molecule has 0 bridgehead atoms. The number of hydrogen-bond donors (Lipinski definition) is 1. The van der Waals surface area contributed by atoms with Crippen LogP contribution >= 0.6 is 28.3 Å². The summed E-state index contributed by atoms with van der Waals surface area (Å²) in [6.45, 7) is 5.01. The van der Waals surface area contributed by atoms with E-state index in [2.05, 4.69) is 34.2 Å². The Morgan fingerprint density at radius 1 is 1.22 bits per heavy atom. The quantitative estimate of drug-likeness (QED) is 0.703. The Morgan fingerprint density at radius 2 is 1.96 bits per heavy atom. The predicted molar refractivity (Wildman–Crippen MR) is 99.0 cm³/mol. The monoisotopic (exact) mass is 397 g/mol. The van der Waals surface area contributed by atoms with Crippen molar-refractivity contribution in [3.63, 3.8) is 0 Å². The van der Waals surface area contributed by atoms with Crippen LogP contribution in [0.15, 0.2) is 53.0 Å². The number of carbonyl (C=O) groups excluding carboxylic acids is 1. The second kappa shape index (κ2) is 9.71. The second-order valence-electron chi connectivity index (χ2n) is 5.04. The molecule has 0 radical (unpaired) electrons. The van der Waals surface area contributed by atoms with Crippen LogP contribution in [0.3, 0.4) is 0 Å². The Balaban J connectivity index is 0.00000264. The van der Waals surface area contributed by atoms with Gasteiger partial charge in [-0.15, -0.1) is 12.4 Å². The van der Waals surface area contributed by atoms with Crippen molar-refractivity contribution in [3.8, 4) is 0 Å². The van der Waals surface area contributed by atoms with E-state index in [1.165, 1.54) is 5.56 Å². The molecule has 23 heavy (non-hydrogen) atoms. The lowest BCUT2D eigenvalue weighted by molar-refractivity contribution is 0.0526. The summed E-state index contributed by atoms with van der Waals surface area (Å²) in [5.41, 5.74) is 2.86. The fourth-order valence-electron chi connectivity index (χ4n) is 2.23. The van der Waals surface area contributed by atoms with Crippen LogP contribution in [0.2, 0.25) is 0 Å². The molecule has 2 aromatic carbocycles. The minimum Gasteiger partial charge on any atom is -0.462 e. The Kier molecular flexibility index (Phi) is 8.31. The molecule has 1 N–H and O–H groups in total. The van der Waals surface area contributed by atoms with Gasteiger partial charge in [0.05, 0.1) is 12.2 Å². The van der Waals surface area contributed by atoms with Gasteiger partial charge in [0.1, 0.15) is 0 Å². The smallest absolute Gasteiger partial charge is 0.338 e. The van der Waals surface area contributed by atoms with Gasteiger partial charge < -0.3 is 10.1 Å². The standard InChI is InChI=1S/C18H20BrNO2.ClH/c1-3-22-18(21)15-8-6-7-14(11-15)12-20-13(2)16-9-4-5-10-17(16)19;/h4-11,13,20H,3,12H2,1-2H3;1H. The van der Waals surface area contributed by atoms with E-state index in [4.69, 9.17) is 4.74 Å². The van der Waals surface area contributed by atoms with Crippen molar-refractivity contribution >= 4 is 34.3 Å². The minimum atomic E-state index is -0.275. The van der Waals surface area contributed by atoms with Gasteiger partial charge in [-0.25, -0.2) is 4.79 Å². The van der Waals surface area contributed by atoms with E-state index in [-0.39, 0.29) is 24.4 Å². The van der Waals surface area contributed by atoms with Crippen LogP contribution in [0.1, 0.15) is 41.4 Å². The molecule has 124 valence electrons. The van der Waals surface area contributed by atoms with Gasteiger partial charge in [-0.3, -0.25) is 0 Å². The summed E-state index contributed by atoms with van der Waals surface area (Å²) in [6, 6.07) is 15.9. The van der Waals surface area contributed by atoms with Crippen LogP contribution in [-0.4, -0.2) is 12.6 Å². The third kappa shape index (κ3) is 5.65. The molecule has 1 unspecified atom stereocenters. The Labute approximate surface area is 152 Å². The molecule has 0 aliphatic heterocycles. The molecule has 0 aliphatic carbocycles. The third-order valence-corrected chi connectivity index (χ3v) is 4.14. The van der Waals surface area contributed by atoms with E-state index in [1.807, 2.05) is 43.3 Å². The summed E-state index contributed by atoms with van der Waals surface area (Å²) in [6.07, 6.45) is 0. The average molecular weight is 399 g/mol. The summed E-state index contributed by atoms with van der Waals surface area (Å²) in [7, 11) is 0. The lowest BCUT2D eigenvalue weighted by atomic mass is 10.1. The molecule has 0 fully saturated rings. The van der Waals surface area contributed by atoms with E-state index in [9.17, 15) is 4.79 Å². The maximum atomic E-state index is 11.8. The molecule has 0 spiro atoms. The van der Waals surface area contributed by atoms with E-state index >= 15 is 0 Å². The van der Waals surface area contributed by atoms with Gasteiger partial charge in [-0.2, -0.15) is 0 Å². The van der Waals surface area contributed by atoms with E-state index in [0.717, 1.165) is 10.0 Å². The van der Waals surface area contributed by atoms with Crippen LogP contribution in [-0.2, 0) is 11.3 Å². The van der Waals surface area contributed by atoms with E-state index < -0.39 is 0 Å². The van der Waals surface area contributed by atoms with Crippen LogP contribution in [0, 0.1) is 0 Å². The highest BCUT2D eigenvalue weighted by Gasteiger charge is 2.10. The zero-order valence-electron chi connectivity index (χ0n) is 13.2. The first-order chi connectivity index (χ1) is 10.6. The van der Waals surface area contributed by atoms with Gasteiger partial charge >= 0.3 is 5.97 Å². The van der Waals surface area contributed by atoms with Gasteiger partial charge in [0, 0.05) is 17.1 Å². The minimum absolute atomic E-state index is 0. The van der Waals surface area contributed by atoms with Crippen molar-refractivity contribution in [1.82, 2.24) is 5.32 Å². The second-order valence-corrected chi connectivity index (χ2v) is 5.90. The number of carbonyl (C=O) groups is 1. The Hall–Kier alpha value is -1.36. The highest BCUT2D eigenvalue weighted by Crippen LogP contribution is 2.23. The Morgan fingerprint density at radius 3 is 2.65 bits per heavy atom. The molecule has 0 aliphatic rings. The molecule has 0 heterocycles. The first-order valence-electron chi connectivity index (χ1n) is 7.35. The van der Waals surface area contributed by atoms with Crippen LogP contribution in [0.5, 0.6) is 0 Å². The largest absolute Gasteiger partial charge is 0.462 e. The molecular weight excluding hydrogens is 378 g/mol. The highest BCUT2D eigenvalue weighted by molar-refractivity contribution is 9.10. The molecule has 1 atom stereocenters. The van der Waals surface area contributed by atoms with Crippen LogP contribution in [0.4, 0.5) is 0 Å². The molecule has 0 saturated heterocycles. The van der Waals surface area contributed by atoms with Crippen molar-refractivity contribution in [2.24, 2.45) is 0 Å². The van der Waals surface area contributed by atoms with Crippen molar-refractivity contribution in [2.75, 3.05) is 6.61 Å². The van der Waals surface area contributed by atoms with Crippen molar-refractivity contribution in [3.05, 3.63) is 69.7 Å². The number of ether oxygens (including phenoxy) is 1. The molecular formula is C18H21BrClNO2. The van der Waals surface area contributed by atoms with Crippen LogP contribution in [0.25, 0.3) is 0 Å². The zero-order valence-corrected chi connectivity index (χ0v) is 15.6. The molecule has 3 nitrogen and oxygen atoms in total. The van der Waals surface area contributed by atoms with Gasteiger partial charge in [0.25, 0.3) is 0 Å². The molecule has 2 aromatic rings. The molecule has 0 amide bonds. The zero-order chi connectivity index (χ0) is 15.9. The maximum absolute atomic E-state index is 11.8. The normalized spacial score (nSPS) is 11.4. The number of esters is 1. The number of halogens is 2. The summed E-state index contributed by atoms with van der Waals surface area (Å²) in [5, 5.41) is 3.47. The topological polar surface area (TPSA) is 38.3 Å². The highest BCUT2D eigenvalue weighted by atomic mass is 79.9. The van der Waals surface area contributed by atoms with E-state index in [1.54, 1.807) is 6.07 Å². The number of rotatable bonds is 6. The summed E-state index contributed by atoms with van der Waals surface area (Å²) >= 11 is 3.57. The van der Waals surface area contributed by atoms with Gasteiger partial charge in [0.2, 0.25) is 0 Å². The summed E-state index contributed by atoms with van der Waals surface area (Å²) in [5.74, 6) is -0.275. The number of benzene rings is 2. The third-order valence-electron chi connectivity index (χ3n) is 3.42. The fraction of sp³-hybridized carbons (Fsp3) is 0.278. The van der Waals surface area contributed by atoms with Crippen molar-refractivity contribution in [2.45, 2.75) is 26.4 Å².